The van der Waals surface area contributed by atoms with Gasteiger partial charge >= 0.3 is 12.0 Å². The molecular weight excluding hydrogens is 250 g/mol. The number of hydrogen-bond acceptors (Lipinski definition) is 4. The number of nitrogens with zero attached hydrogens (tertiary/aromatic N) is 1. The van der Waals surface area contributed by atoms with Gasteiger partial charge < -0.3 is 20.5 Å². The van der Waals surface area contributed by atoms with Gasteiger partial charge in [0.25, 0.3) is 0 Å². The number of carbonyl (C=O) groups excluding carboxylic acids is 1. The summed E-state index contributed by atoms with van der Waals surface area (Å²) in [6.07, 6.45) is 1.86. The quantitative estimate of drug-likeness (QED) is 0.749. The van der Waals surface area contributed by atoms with Crippen LogP contribution in [-0.4, -0.2) is 40.8 Å². The summed E-state index contributed by atoms with van der Waals surface area (Å²) in [5.41, 5.74) is -0.149. The minimum absolute atomic E-state index is 0.0260. The third-order valence-corrected chi connectivity index (χ3v) is 3.04. The number of aliphatic carboxylic acids is 1. The fraction of sp³-hybridized carbons (Fsp3) is 0.417. The molecule has 2 heterocycles. The molecule has 1 atom stereocenters. The van der Waals surface area contributed by atoms with Gasteiger partial charge in [0, 0.05) is 19.2 Å². The van der Waals surface area contributed by atoms with E-state index in [9.17, 15) is 14.7 Å². The van der Waals surface area contributed by atoms with Crippen molar-refractivity contribution in [2.75, 3.05) is 18.5 Å². The van der Waals surface area contributed by atoms with Crippen LogP contribution in [0.15, 0.2) is 18.3 Å². The van der Waals surface area contributed by atoms with Crippen molar-refractivity contribution in [1.82, 2.24) is 10.3 Å². The Balaban J connectivity index is 2.05. The Kier molecular flexibility index (Phi) is 3.66. The summed E-state index contributed by atoms with van der Waals surface area (Å²) in [6.45, 7) is 2.04. The third kappa shape index (κ3) is 2.82. The van der Waals surface area contributed by atoms with Crippen molar-refractivity contribution in [3.63, 3.8) is 0 Å². The number of aromatic nitrogens is 1. The van der Waals surface area contributed by atoms with Crippen molar-refractivity contribution in [3.8, 4) is 0 Å². The van der Waals surface area contributed by atoms with Crippen molar-refractivity contribution in [1.29, 1.82) is 0 Å². The predicted molar refractivity (Wildman–Crippen MR) is 66.9 cm³/mol. The van der Waals surface area contributed by atoms with Crippen molar-refractivity contribution in [2.24, 2.45) is 0 Å². The van der Waals surface area contributed by atoms with Crippen LogP contribution in [0.5, 0.6) is 0 Å². The summed E-state index contributed by atoms with van der Waals surface area (Å²) in [7, 11) is 0. The van der Waals surface area contributed by atoms with Gasteiger partial charge in [-0.2, -0.15) is 0 Å². The number of hydrogen-bond donors (Lipinski definition) is 3. The van der Waals surface area contributed by atoms with Gasteiger partial charge in [0.05, 0.1) is 18.0 Å². The number of carboxylic acids is 1. The van der Waals surface area contributed by atoms with Crippen LogP contribution >= 0.6 is 0 Å². The Morgan fingerprint density at radius 1 is 1.53 bits per heavy atom. The lowest BCUT2D eigenvalue weighted by atomic mass is 9.99. The second-order valence-corrected chi connectivity index (χ2v) is 4.41. The molecule has 1 aromatic heterocycles. The van der Waals surface area contributed by atoms with Gasteiger partial charge in [-0.1, -0.05) is 0 Å². The topological polar surface area (TPSA) is 101 Å². The molecule has 0 aromatic carbocycles. The molecule has 1 aromatic rings. The normalized spacial score (nSPS) is 21.9. The summed E-state index contributed by atoms with van der Waals surface area (Å²) in [6, 6.07) is 2.80. The monoisotopic (exact) mass is 265 g/mol. The molecule has 2 rings (SSSR count). The highest BCUT2D eigenvalue weighted by atomic mass is 16.5. The molecule has 0 aliphatic carbocycles. The van der Waals surface area contributed by atoms with Crippen LogP contribution in [0.3, 0.4) is 0 Å². The lowest BCUT2D eigenvalue weighted by Gasteiger charge is -2.23. The lowest BCUT2D eigenvalue weighted by molar-refractivity contribution is -0.144. The van der Waals surface area contributed by atoms with E-state index in [4.69, 9.17) is 4.74 Å². The fourth-order valence-corrected chi connectivity index (χ4v) is 1.87. The number of anilines is 1. The average Bonchev–Trinajstić information content (AvgIpc) is 2.82. The Hall–Kier alpha value is -2.15. The molecule has 3 N–H and O–H groups in total. The zero-order valence-corrected chi connectivity index (χ0v) is 10.5. The van der Waals surface area contributed by atoms with E-state index in [-0.39, 0.29) is 13.0 Å². The zero-order chi connectivity index (χ0) is 13.9. The summed E-state index contributed by atoms with van der Waals surface area (Å²) in [4.78, 5) is 27.1. The number of rotatable bonds is 3. The van der Waals surface area contributed by atoms with Crippen LogP contribution in [-0.2, 0) is 9.53 Å². The highest BCUT2D eigenvalue weighted by molar-refractivity contribution is 5.94. The van der Waals surface area contributed by atoms with Gasteiger partial charge in [-0.25, -0.2) is 9.59 Å². The minimum Gasteiger partial charge on any atom is -0.479 e. The molecule has 19 heavy (non-hydrogen) atoms. The summed E-state index contributed by atoms with van der Waals surface area (Å²) in [5, 5.41) is 14.2. The van der Waals surface area contributed by atoms with Crippen LogP contribution in [0.4, 0.5) is 10.5 Å². The molecule has 1 saturated heterocycles. The molecule has 1 aliphatic rings. The van der Waals surface area contributed by atoms with Crippen LogP contribution in [0.1, 0.15) is 12.1 Å². The molecular formula is C12H15N3O4. The van der Waals surface area contributed by atoms with Gasteiger partial charge in [0.1, 0.15) is 0 Å². The van der Waals surface area contributed by atoms with E-state index < -0.39 is 17.5 Å². The number of carbonyl (C=O) groups is 2. The fourth-order valence-electron chi connectivity index (χ4n) is 1.87. The Morgan fingerprint density at radius 3 is 2.89 bits per heavy atom. The largest absolute Gasteiger partial charge is 0.479 e. The first-order valence-corrected chi connectivity index (χ1v) is 5.85. The molecule has 102 valence electrons. The van der Waals surface area contributed by atoms with Crippen LogP contribution in [0.2, 0.25) is 0 Å². The summed E-state index contributed by atoms with van der Waals surface area (Å²) < 4.78 is 5.06. The number of pyridine rings is 1. The van der Waals surface area contributed by atoms with Gasteiger partial charge in [-0.3, -0.25) is 4.98 Å². The number of ether oxygens (including phenoxy) is 1. The maximum Gasteiger partial charge on any atom is 0.332 e. The van der Waals surface area contributed by atoms with E-state index in [1.807, 2.05) is 0 Å². The third-order valence-electron chi connectivity index (χ3n) is 3.04. The second-order valence-electron chi connectivity index (χ2n) is 4.41. The van der Waals surface area contributed by atoms with E-state index in [0.717, 1.165) is 0 Å². The van der Waals surface area contributed by atoms with E-state index in [1.54, 1.807) is 25.3 Å². The predicted octanol–water partition coefficient (Wildman–Crippen LogP) is 0.755. The van der Waals surface area contributed by atoms with Crippen molar-refractivity contribution in [3.05, 3.63) is 24.0 Å². The molecule has 2 amide bonds. The van der Waals surface area contributed by atoms with Crippen LogP contribution < -0.4 is 10.6 Å². The van der Waals surface area contributed by atoms with E-state index in [1.165, 1.54) is 0 Å². The first-order valence-electron chi connectivity index (χ1n) is 5.85. The number of amides is 2. The summed E-state index contributed by atoms with van der Waals surface area (Å²) >= 11 is 0. The maximum atomic E-state index is 11.9. The molecule has 7 nitrogen and oxygen atoms in total. The first kappa shape index (κ1) is 13.3. The Labute approximate surface area is 110 Å². The molecule has 7 heteroatoms. The van der Waals surface area contributed by atoms with Gasteiger partial charge in [-0.15, -0.1) is 0 Å². The van der Waals surface area contributed by atoms with Gasteiger partial charge in [-0.05, 0) is 19.1 Å². The average molecular weight is 265 g/mol. The first-order chi connectivity index (χ1) is 9.03. The molecule has 0 radical (unpaired) electrons. The zero-order valence-electron chi connectivity index (χ0n) is 10.5. The molecule has 1 unspecified atom stereocenters. The minimum atomic E-state index is -1.35. The maximum absolute atomic E-state index is 11.9. The lowest BCUT2D eigenvalue weighted by Crippen LogP contribution is -2.56. The van der Waals surface area contributed by atoms with E-state index in [2.05, 4.69) is 15.6 Å². The molecule has 0 bridgehead atoms. The highest BCUT2D eigenvalue weighted by Crippen LogP contribution is 2.19. The number of nitrogens with one attached hydrogen (secondary N) is 2. The van der Waals surface area contributed by atoms with E-state index in [0.29, 0.717) is 18.0 Å². The van der Waals surface area contributed by atoms with Crippen LogP contribution in [0.25, 0.3) is 0 Å². The standard InChI is InChI=1S/C12H15N3O4/c1-8-9(3-2-5-13-8)14-11(18)15-12(10(16)17)4-6-19-7-12/h2-3,5H,4,6-7H2,1H3,(H,16,17)(H2,14,15,18). The number of aryl methyl sites for hydroxylation is 1. The Morgan fingerprint density at radius 2 is 2.32 bits per heavy atom. The van der Waals surface area contributed by atoms with Crippen molar-refractivity contribution >= 4 is 17.7 Å². The number of urea groups is 1. The van der Waals surface area contributed by atoms with Gasteiger partial charge in [0.15, 0.2) is 5.54 Å². The smallest absolute Gasteiger partial charge is 0.332 e. The van der Waals surface area contributed by atoms with Crippen LogP contribution in [0, 0.1) is 6.92 Å². The SMILES string of the molecule is Cc1ncccc1NC(=O)NC1(C(=O)O)CCOC1. The summed E-state index contributed by atoms with van der Waals surface area (Å²) in [5.74, 6) is -1.09. The molecule has 0 saturated carbocycles. The Bertz CT molecular complexity index is 498. The van der Waals surface area contributed by atoms with E-state index >= 15 is 0 Å². The second kappa shape index (κ2) is 5.23. The molecule has 1 fully saturated rings. The highest BCUT2D eigenvalue weighted by Gasteiger charge is 2.44. The van der Waals surface area contributed by atoms with Crippen molar-refractivity contribution in [2.45, 2.75) is 18.9 Å². The van der Waals surface area contributed by atoms with Crippen molar-refractivity contribution < 1.29 is 19.4 Å². The van der Waals surface area contributed by atoms with Gasteiger partial charge in [0.2, 0.25) is 0 Å². The molecule has 0 spiro atoms. The number of carboxylic acid groups (broad SMARTS) is 1. The molecule has 1 aliphatic heterocycles.